The van der Waals surface area contributed by atoms with Gasteiger partial charge in [0.25, 0.3) is 0 Å². The lowest BCUT2D eigenvalue weighted by Gasteiger charge is -2.11. The van der Waals surface area contributed by atoms with E-state index in [1.54, 1.807) is 12.1 Å². The van der Waals surface area contributed by atoms with Crippen molar-refractivity contribution in [3.05, 3.63) is 29.8 Å². The summed E-state index contributed by atoms with van der Waals surface area (Å²) in [5, 5.41) is 6.44. The first-order chi connectivity index (χ1) is 7.93. The van der Waals surface area contributed by atoms with Gasteiger partial charge in [0.2, 0.25) is 0 Å². The summed E-state index contributed by atoms with van der Waals surface area (Å²) in [5.74, 6) is 0. The molecule has 0 bridgehead atoms. The topological polar surface area (TPSA) is 58.2 Å². The Balaban J connectivity index is 2.52. The predicted molar refractivity (Wildman–Crippen MR) is 69.8 cm³/mol. The minimum absolute atomic E-state index is 0.366. The Kier molecular flexibility index (Phi) is 5.11. The Bertz CT molecular complexity index is 440. The Morgan fingerprint density at radius 3 is 2.29 bits per heavy atom. The minimum atomic E-state index is -3.09. The molecular weight excluding hydrogens is 236 g/mol. The first kappa shape index (κ1) is 14.2. The fourth-order valence-corrected chi connectivity index (χ4v) is 2.02. The van der Waals surface area contributed by atoms with Crippen LogP contribution in [0.5, 0.6) is 0 Å². The number of hydrogen-bond donors (Lipinski definition) is 2. The quantitative estimate of drug-likeness (QED) is 0.790. The van der Waals surface area contributed by atoms with Gasteiger partial charge in [0.1, 0.15) is 0 Å². The van der Waals surface area contributed by atoms with E-state index in [9.17, 15) is 8.42 Å². The van der Waals surface area contributed by atoms with Crippen molar-refractivity contribution in [2.45, 2.75) is 24.4 Å². The lowest BCUT2D eigenvalue weighted by molar-refractivity contribution is 0.541. The van der Waals surface area contributed by atoms with Gasteiger partial charge in [-0.05, 0) is 31.7 Å². The van der Waals surface area contributed by atoms with Crippen LogP contribution in [0.15, 0.2) is 29.2 Å². The van der Waals surface area contributed by atoms with Gasteiger partial charge in [-0.1, -0.05) is 12.1 Å². The van der Waals surface area contributed by atoms with Crippen molar-refractivity contribution in [2.24, 2.45) is 0 Å². The van der Waals surface area contributed by atoms with Gasteiger partial charge in [0.05, 0.1) is 4.90 Å². The standard InChI is InChI=1S/C12H20N2O2S/c1-10(13-2)8-14-9-11-4-6-12(7-5-11)17(3,15)16/h4-7,10,13-14H,8-9H2,1-3H3. The molecule has 0 spiro atoms. The van der Waals surface area contributed by atoms with E-state index in [2.05, 4.69) is 17.6 Å². The molecule has 1 aromatic carbocycles. The van der Waals surface area contributed by atoms with Crippen molar-refractivity contribution >= 4 is 9.84 Å². The second-order valence-electron chi connectivity index (χ2n) is 4.24. The highest BCUT2D eigenvalue weighted by Crippen LogP contribution is 2.09. The first-order valence-corrected chi connectivity index (χ1v) is 7.49. The normalized spacial score (nSPS) is 13.6. The van der Waals surface area contributed by atoms with Crippen LogP contribution in [-0.4, -0.2) is 34.3 Å². The van der Waals surface area contributed by atoms with Crippen molar-refractivity contribution in [3.8, 4) is 0 Å². The Morgan fingerprint density at radius 2 is 1.82 bits per heavy atom. The summed E-state index contributed by atoms with van der Waals surface area (Å²) in [5.41, 5.74) is 1.08. The molecule has 1 atom stereocenters. The average molecular weight is 256 g/mol. The van der Waals surface area contributed by atoms with Gasteiger partial charge in [0.15, 0.2) is 9.84 Å². The van der Waals surface area contributed by atoms with Gasteiger partial charge in [-0.2, -0.15) is 0 Å². The van der Waals surface area contributed by atoms with Crippen molar-refractivity contribution in [1.29, 1.82) is 0 Å². The Labute approximate surface area is 103 Å². The third-order valence-corrected chi connectivity index (χ3v) is 3.75. The molecule has 0 aliphatic heterocycles. The van der Waals surface area contributed by atoms with Crippen molar-refractivity contribution in [3.63, 3.8) is 0 Å². The maximum atomic E-state index is 11.3. The largest absolute Gasteiger partial charge is 0.316 e. The van der Waals surface area contributed by atoms with E-state index in [1.165, 1.54) is 6.26 Å². The van der Waals surface area contributed by atoms with E-state index >= 15 is 0 Å². The molecule has 0 fully saturated rings. The van der Waals surface area contributed by atoms with Crippen LogP contribution in [0.4, 0.5) is 0 Å². The van der Waals surface area contributed by atoms with Crippen LogP contribution < -0.4 is 10.6 Å². The molecule has 1 rings (SSSR count). The summed E-state index contributed by atoms with van der Waals surface area (Å²) in [4.78, 5) is 0.366. The molecule has 0 heterocycles. The molecule has 0 saturated heterocycles. The zero-order valence-corrected chi connectivity index (χ0v) is 11.3. The Hall–Kier alpha value is -0.910. The number of benzene rings is 1. The molecule has 0 amide bonds. The van der Waals surface area contributed by atoms with Crippen LogP contribution in [0.2, 0.25) is 0 Å². The van der Waals surface area contributed by atoms with Crippen LogP contribution in [-0.2, 0) is 16.4 Å². The first-order valence-electron chi connectivity index (χ1n) is 5.60. The fraction of sp³-hybridized carbons (Fsp3) is 0.500. The molecular formula is C12H20N2O2S. The molecule has 5 heteroatoms. The van der Waals surface area contributed by atoms with E-state index in [0.29, 0.717) is 10.9 Å². The molecule has 0 radical (unpaired) electrons. The SMILES string of the molecule is CNC(C)CNCc1ccc(S(C)(=O)=O)cc1. The monoisotopic (exact) mass is 256 g/mol. The number of hydrogen-bond acceptors (Lipinski definition) is 4. The lowest BCUT2D eigenvalue weighted by Crippen LogP contribution is -2.33. The van der Waals surface area contributed by atoms with Crippen LogP contribution in [0.3, 0.4) is 0 Å². The van der Waals surface area contributed by atoms with Gasteiger partial charge >= 0.3 is 0 Å². The average Bonchev–Trinajstić information content (AvgIpc) is 2.28. The molecule has 0 aromatic heterocycles. The second kappa shape index (κ2) is 6.14. The Morgan fingerprint density at radius 1 is 1.24 bits per heavy atom. The number of sulfone groups is 1. The molecule has 96 valence electrons. The zero-order chi connectivity index (χ0) is 12.9. The minimum Gasteiger partial charge on any atom is -0.316 e. The smallest absolute Gasteiger partial charge is 0.175 e. The summed E-state index contributed by atoms with van der Waals surface area (Å²) in [6.45, 7) is 3.72. The summed E-state index contributed by atoms with van der Waals surface area (Å²) in [6.07, 6.45) is 1.22. The molecule has 17 heavy (non-hydrogen) atoms. The summed E-state index contributed by atoms with van der Waals surface area (Å²) >= 11 is 0. The molecule has 1 unspecified atom stereocenters. The lowest BCUT2D eigenvalue weighted by atomic mass is 10.2. The van der Waals surface area contributed by atoms with E-state index in [4.69, 9.17) is 0 Å². The van der Waals surface area contributed by atoms with Gasteiger partial charge in [-0.15, -0.1) is 0 Å². The van der Waals surface area contributed by atoms with E-state index < -0.39 is 9.84 Å². The fourth-order valence-electron chi connectivity index (χ4n) is 1.39. The molecule has 1 aromatic rings. The third kappa shape index (κ3) is 4.85. The number of likely N-dealkylation sites (N-methyl/N-ethyl adjacent to an activating group) is 1. The van der Waals surface area contributed by atoms with Gasteiger partial charge in [0, 0.05) is 25.4 Å². The van der Waals surface area contributed by atoms with Crippen LogP contribution in [0, 0.1) is 0 Å². The summed E-state index contributed by atoms with van der Waals surface area (Å²) < 4.78 is 22.5. The van der Waals surface area contributed by atoms with Crippen LogP contribution in [0.1, 0.15) is 12.5 Å². The number of nitrogens with one attached hydrogen (secondary N) is 2. The molecule has 0 saturated carbocycles. The summed E-state index contributed by atoms with van der Waals surface area (Å²) in [6, 6.07) is 7.40. The van der Waals surface area contributed by atoms with Crippen LogP contribution in [0.25, 0.3) is 0 Å². The highest BCUT2D eigenvalue weighted by Gasteiger charge is 2.05. The molecule has 0 aliphatic rings. The van der Waals surface area contributed by atoms with Gasteiger partial charge in [-0.3, -0.25) is 0 Å². The van der Waals surface area contributed by atoms with Crippen LogP contribution >= 0.6 is 0 Å². The van der Waals surface area contributed by atoms with Gasteiger partial charge in [-0.25, -0.2) is 8.42 Å². The molecule has 2 N–H and O–H groups in total. The maximum absolute atomic E-state index is 11.3. The van der Waals surface area contributed by atoms with Crippen molar-refractivity contribution < 1.29 is 8.42 Å². The van der Waals surface area contributed by atoms with Gasteiger partial charge < -0.3 is 10.6 Å². The second-order valence-corrected chi connectivity index (χ2v) is 6.25. The third-order valence-electron chi connectivity index (χ3n) is 2.62. The van der Waals surface area contributed by atoms with Crippen molar-refractivity contribution in [1.82, 2.24) is 10.6 Å². The van der Waals surface area contributed by atoms with Crippen molar-refractivity contribution in [2.75, 3.05) is 19.8 Å². The predicted octanol–water partition coefficient (Wildman–Crippen LogP) is 0.788. The summed E-state index contributed by atoms with van der Waals surface area (Å²) in [7, 11) is -1.16. The highest BCUT2D eigenvalue weighted by atomic mass is 32.2. The maximum Gasteiger partial charge on any atom is 0.175 e. The molecule has 0 aliphatic carbocycles. The van der Waals surface area contributed by atoms with E-state index in [1.807, 2.05) is 19.2 Å². The van der Waals surface area contributed by atoms with E-state index in [0.717, 1.165) is 18.7 Å². The highest BCUT2D eigenvalue weighted by molar-refractivity contribution is 7.90. The zero-order valence-electron chi connectivity index (χ0n) is 10.5. The van der Waals surface area contributed by atoms with E-state index in [-0.39, 0.29) is 0 Å². The molecule has 4 nitrogen and oxygen atoms in total. The number of rotatable bonds is 6.